The van der Waals surface area contributed by atoms with Crippen molar-refractivity contribution >= 4 is 6.08 Å². The predicted molar refractivity (Wildman–Crippen MR) is 39.9 cm³/mol. The van der Waals surface area contributed by atoms with Crippen LogP contribution in [0.4, 0.5) is 0 Å². The normalized spacial score (nSPS) is 9.90. The standard InChI is InChI=1S/C8H7NO/c1-2-8-7(3-5-9)4-6-10-8/h1,3-6H,9H2/b5-3-. The van der Waals surface area contributed by atoms with Gasteiger partial charge in [0, 0.05) is 5.56 Å². The highest BCUT2D eigenvalue weighted by Crippen LogP contribution is 2.09. The molecule has 0 atom stereocenters. The summed E-state index contributed by atoms with van der Waals surface area (Å²) in [5.74, 6) is 2.90. The van der Waals surface area contributed by atoms with Crippen molar-refractivity contribution in [3.63, 3.8) is 0 Å². The van der Waals surface area contributed by atoms with Gasteiger partial charge in [-0.1, -0.05) is 0 Å². The predicted octanol–water partition coefficient (Wildman–Crippen LogP) is 1.19. The van der Waals surface area contributed by atoms with Gasteiger partial charge in [0.05, 0.1) is 6.26 Å². The monoisotopic (exact) mass is 133 g/mol. The average molecular weight is 133 g/mol. The van der Waals surface area contributed by atoms with E-state index in [1.165, 1.54) is 12.5 Å². The Morgan fingerprint density at radius 1 is 1.70 bits per heavy atom. The molecule has 0 bridgehead atoms. The quantitative estimate of drug-likeness (QED) is 0.584. The summed E-state index contributed by atoms with van der Waals surface area (Å²) < 4.78 is 4.92. The molecule has 0 aliphatic carbocycles. The SMILES string of the molecule is C#Cc1occc1/C=C\N. The molecule has 50 valence electrons. The minimum absolute atomic E-state index is 0.515. The van der Waals surface area contributed by atoms with Crippen LogP contribution < -0.4 is 5.73 Å². The number of terminal acetylenes is 1. The van der Waals surface area contributed by atoms with Gasteiger partial charge in [0.2, 0.25) is 0 Å². The van der Waals surface area contributed by atoms with Gasteiger partial charge in [-0.25, -0.2) is 0 Å². The molecule has 0 saturated carbocycles. The van der Waals surface area contributed by atoms with Gasteiger partial charge >= 0.3 is 0 Å². The third kappa shape index (κ3) is 1.03. The number of hydrogen-bond acceptors (Lipinski definition) is 2. The van der Waals surface area contributed by atoms with E-state index in [1.807, 2.05) is 0 Å². The van der Waals surface area contributed by atoms with Crippen molar-refractivity contribution in [1.29, 1.82) is 0 Å². The first kappa shape index (κ1) is 6.50. The maximum atomic E-state index is 5.15. The lowest BCUT2D eigenvalue weighted by Gasteiger charge is -1.83. The molecule has 2 heteroatoms. The van der Waals surface area contributed by atoms with E-state index in [0.717, 1.165) is 5.56 Å². The molecule has 0 unspecified atom stereocenters. The van der Waals surface area contributed by atoms with E-state index in [0.29, 0.717) is 5.76 Å². The van der Waals surface area contributed by atoms with E-state index < -0.39 is 0 Å². The Morgan fingerprint density at radius 2 is 2.50 bits per heavy atom. The first-order valence-electron chi connectivity index (χ1n) is 2.81. The Balaban J connectivity index is 3.04. The maximum absolute atomic E-state index is 5.15. The zero-order chi connectivity index (χ0) is 7.40. The molecule has 2 nitrogen and oxygen atoms in total. The highest BCUT2D eigenvalue weighted by molar-refractivity contribution is 5.54. The van der Waals surface area contributed by atoms with Gasteiger partial charge in [-0.3, -0.25) is 0 Å². The molecular formula is C8H7NO. The van der Waals surface area contributed by atoms with Crippen LogP contribution in [0, 0.1) is 12.3 Å². The van der Waals surface area contributed by atoms with E-state index in [9.17, 15) is 0 Å². The molecular weight excluding hydrogens is 126 g/mol. The molecule has 1 rings (SSSR count). The maximum Gasteiger partial charge on any atom is 0.183 e. The first-order chi connectivity index (χ1) is 4.88. The summed E-state index contributed by atoms with van der Waals surface area (Å²) in [7, 11) is 0. The molecule has 0 aromatic carbocycles. The van der Waals surface area contributed by atoms with E-state index in [-0.39, 0.29) is 0 Å². The third-order valence-corrected chi connectivity index (χ3v) is 1.10. The number of hydrogen-bond donors (Lipinski definition) is 1. The molecule has 1 heterocycles. The zero-order valence-corrected chi connectivity index (χ0v) is 5.37. The van der Waals surface area contributed by atoms with Gasteiger partial charge in [0.1, 0.15) is 0 Å². The second-order valence-corrected chi connectivity index (χ2v) is 1.71. The zero-order valence-electron chi connectivity index (χ0n) is 5.37. The summed E-state index contributed by atoms with van der Waals surface area (Å²) >= 11 is 0. The van der Waals surface area contributed by atoms with Crippen molar-refractivity contribution in [2.75, 3.05) is 0 Å². The van der Waals surface area contributed by atoms with Gasteiger partial charge in [0.25, 0.3) is 0 Å². The fourth-order valence-corrected chi connectivity index (χ4v) is 0.671. The topological polar surface area (TPSA) is 39.2 Å². The van der Waals surface area contributed by atoms with Crippen molar-refractivity contribution in [3.8, 4) is 12.3 Å². The number of nitrogens with two attached hydrogens (primary N) is 1. The van der Waals surface area contributed by atoms with Crippen LogP contribution in [0.1, 0.15) is 11.3 Å². The van der Waals surface area contributed by atoms with E-state index >= 15 is 0 Å². The van der Waals surface area contributed by atoms with Crippen LogP contribution in [0.15, 0.2) is 22.9 Å². The summed E-state index contributed by atoms with van der Waals surface area (Å²) in [6, 6.07) is 1.76. The van der Waals surface area contributed by atoms with Crippen LogP contribution in [-0.4, -0.2) is 0 Å². The van der Waals surface area contributed by atoms with Crippen molar-refractivity contribution in [2.24, 2.45) is 5.73 Å². The van der Waals surface area contributed by atoms with Gasteiger partial charge in [-0.15, -0.1) is 6.42 Å². The second kappa shape index (κ2) is 2.79. The van der Waals surface area contributed by atoms with Crippen molar-refractivity contribution in [1.82, 2.24) is 0 Å². The van der Waals surface area contributed by atoms with Gasteiger partial charge in [-0.2, -0.15) is 0 Å². The Kier molecular flexibility index (Phi) is 1.81. The first-order valence-corrected chi connectivity index (χ1v) is 2.81. The van der Waals surface area contributed by atoms with E-state index in [1.54, 1.807) is 12.1 Å². The number of rotatable bonds is 1. The summed E-state index contributed by atoms with van der Waals surface area (Å²) in [5, 5.41) is 0. The lowest BCUT2D eigenvalue weighted by molar-refractivity contribution is 0.554. The molecule has 2 N–H and O–H groups in total. The molecule has 0 radical (unpaired) electrons. The molecule has 1 aromatic rings. The largest absolute Gasteiger partial charge is 0.455 e. The fourth-order valence-electron chi connectivity index (χ4n) is 0.671. The molecule has 0 spiro atoms. The third-order valence-electron chi connectivity index (χ3n) is 1.10. The fraction of sp³-hybridized carbons (Fsp3) is 0. The van der Waals surface area contributed by atoms with Crippen LogP contribution in [0.5, 0.6) is 0 Å². The Hall–Kier alpha value is -1.62. The van der Waals surface area contributed by atoms with Crippen LogP contribution in [-0.2, 0) is 0 Å². The summed E-state index contributed by atoms with van der Waals surface area (Å²) in [4.78, 5) is 0. The molecule has 10 heavy (non-hydrogen) atoms. The van der Waals surface area contributed by atoms with Crippen LogP contribution in [0.25, 0.3) is 6.08 Å². The minimum Gasteiger partial charge on any atom is -0.455 e. The Bertz CT molecular complexity index is 278. The molecule has 0 aliphatic rings. The lowest BCUT2D eigenvalue weighted by Crippen LogP contribution is -1.77. The second-order valence-electron chi connectivity index (χ2n) is 1.71. The molecule has 0 fully saturated rings. The van der Waals surface area contributed by atoms with Crippen molar-refractivity contribution < 1.29 is 4.42 Å². The number of furan rings is 1. The summed E-state index contributed by atoms with van der Waals surface area (Å²) in [6.45, 7) is 0. The molecule has 0 amide bonds. The van der Waals surface area contributed by atoms with Crippen LogP contribution in [0.3, 0.4) is 0 Å². The average Bonchev–Trinajstić information content (AvgIpc) is 2.36. The summed E-state index contributed by atoms with van der Waals surface area (Å²) in [6.07, 6.45) is 9.75. The molecule has 0 aliphatic heterocycles. The minimum atomic E-state index is 0.515. The van der Waals surface area contributed by atoms with Crippen molar-refractivity contribution in [2.45, 2.75) is 0 Å². The summed E-state index contributed by atoms with van der Waals surface area (Å²) in [5.41, 5.74) is 5.99. The van der Waals surface area contributed by atoms with Crippen LogP contribution >= 0.6 is 0 Å². The van der Waals surface area contributed by atoms with Gasteiger partial charge in [0.15, 0.2) is 5.76 Å². The van der Waals surface area contributed by atoms with Crippen molar-refractivity contribution in [3.05, 3.63) is 29.9 Å². The van der Waals surface area contributed by atoms with E-state index in [4.69, 9.17) is 16.6 Å². The Morgan fingerprint density at radius 3 is 3.10 bits per heavy atom. The van der Waals surface area contributed by atoms with Gasteiger partial charge < -0.3 is 10.2 Å². The molecule has 1 aromatic heterocycles. The molecule has 0 saturated heterocycles. The lowest BCUT2D eigenvalue weighted by atomic mass is 10.2. The smallest absolute Gasteiger partial charge is 0.183 e. The highest BCUT2D eigenvalue weighted by Gasteiger charge is 1.96. The Labute approximate surface area is 59.3 Å². The van der Waals surface area contributed by atoms with Crippen LogP contribution in [0.2, 0.25) is 0 Å². The highest BCUT2D eigenvalue weighted by atomic mass is 16.3. The van der Waals surface area contributed by atoms with Gasteiger partial charge in [-0.05, 0) is 24.3 Å². The van der Waals surface area contributed by atoms with E-state index in [2.05, 4.69) is 5.92 Å².